The third-order valence-corrected chi connectivity index (χ3v) is 6.02. The SMILES string of the molecule is CC(=O)C(=C(C)N)c1cc2ccc(=O)n(Cc3ccccn3)c2cc1OCCN1CCCC1. The molecular weight excluding hydrogens is 416 g/mol. The normalized spacial score (nSPS) is 15.0. The van der Waals surface area contributed by atoms with E-state index in [1.807, 2.05) is 30.3 Å². The first-order valence-electron chi connectivity index (χ1n) is 11.3. The highest BCUT2D eigenvalue weighted by Gasteiger charge is 2.19. The number of nitrogens with two attached hydrogens (primary N) is 1. The van der Waals surface area contributed by atoms with Crippen LogP contribution in [0.25, 0.3) is 16.5 Å². The Kier molecular flexibility index (Phi) is 6.89. The summed E-state index contributed by atoms with van der Waals surface area (Å²) in [6.45, 7) is 7.03. The van der Waals surface area contributed by atoms with Gasteiger partial charge in [0, 0.05) is 41.7 Å². The van der Waals surface area contributed by atoms with Crippen molar-refractivity contribution in [1.29, 1.82) is 0 Å². The average molecular weight is 447 g/mol. The van der Waals surface area contributed by atoms with Crippen LogP contribution in [-0.4, -0.2) is 46.5 Å². The lowest BCUT2D eigenvalue weighted by molar-refractivity contribution is -0.111. The lowest BCUT2D eigenvalue weighted by Crippen LogP contribution is -2.25. The molecule has 0 saturated carbocycles. The first kappa shape index (κ1) is 22.7. The van der Waals surface area contributed by atoms with Crippen LogP contribution >= 0.6 is 0 Å². The summed E-state index contributed by atoms with van der Waals surface area (Å²) in [6, 6.07) is 12.7. The van der Waals surface area contributed by atoms with Crippen molar-refractivity contribution in [3.63, 3.8) is 0 Å². The molecule has 0 unspecified atom stereocenters. The number of Topliss-reactive ketones (excluding diaryl/α,β-unsaturated/α-hetero) is 1. The quantitative estimate of drug-likeness (QED) is 0.535. The Morgan fingerprint density at radius 3 is 2.58 bits per heavy atom. The van der Waals surface area contributed by atoms with E-state index in [9.17, 15) is 9.59 Å². The van der Waals surface area contributed by atoms with Crippen LogP contribution in [0.15, 0.2) is 59.2 Å². The second kappa shape index (κ2) is 10.0. The third kappa shape index (κ3) is 5.14. The summed E-state index contributed by atoms with van der Waals surface area (Å²) in [7, 11) is 0. The number of ether oxygens (including phenoxy) is 1. The minimum atomic E-state index is -0.124. The van der Waals surface area contributed by atoms with Crippen LogP contribution in [0, 0.1) is 0 Å². The lowest BCUT2D eigenvalue weighted by atomic mass is 9.97. The van der Waals surface area contributed by atoms with Gasteiger partial charge in [0.15, 0.2) is 5.78 Å². The van der Waals surface area contributed by atoms with Crippen LogP contribution in [0.3, 0.4) is 0 Å². The van der Waals surface area contributed by atoms with Crippen LogP contribution in [0.5, 0.6) is 5.75 Å². The Morgan fingerprint density at radius 1 is 1.12 bits per heavy atom. The van der Waals surface area contributed by atoms with Crippen molar-refractivity contribution in [2.45, 2.75) is 33.2 Å². The number of carbonyl (C=O) groups excluding carboxylic acids is 1. The Morgan fingerprint density at radius 2 is 1.91 bits per heavy atom. The van der Waals surface area contributed by atoms with Gasteiger partial charge in [-0.15, -0.1) is 0 Å². The summed E-state index contributed by atoms with van der Waals surface area (Å²) < 4.78 is 7.90. The van der Waals surface area contributed by atoms with E-state index < -0.39 is 0 Å². The molecule has 0 radical (unpaired) electrons. The molecule has 0 aliphatic carbocycles. The molecule has 2 aromatic heterocycles. The topological polar surface area (TPSA) is 90.5 Å². The number of pyridine rings is 2. The van der Waals surface area contributed by atoms with Gasteiger partial charge in [-0.1, -0.05) is 6.07 Å². The smallest absolute Gasteiger partial charge is 0.251 e. The zero-order valence-electron chi connectivity index (χ0n) is 19.2. The number of carbonyl (C=O) groups is 1. The van der Waals surface area contributed by atoms with Crippen LogP contribution in [0.2, 0.25) is 0 Å². The van der Waals surface area contributed by atoms with E-state index in [-0.39, 0.29) is 11.3 Å². The lowest BCUT2D eigenvalue weighted by Gasteiger charge is -2.19. The molecule has 0 amide bonds. The summed E-state index contributed by atoms with van der Waals surface area (Å²) in [5.74, 6) is 0.428. The number of fused-ring (bicyclic) bond motifs is 1. The second-order valence-corrected chi connectivity index (χ2v) is 8.50. The molecule has 33 heavy (non-hydrogen) atoms. The maximum absolute atomic E-state index is 12.8. The number of likely N-dealkylation sites (tertiary alicyclic amines) is 1. The van der Waals surface area contributed by atoms with Gasteiger partial charge in [-0.2, -0.15) is 0 Å². The van der Waals surface area contributed by atoms with E-state index >= 15 is 0 Å². The summed E-state index contributed by atoms with van der Waals surface area (Å²) in [5, 5.41) is 0.826. The van der Waals surface area contributed by atoms with E-state index in [0.29, 0.717) is 35.7 Å². The van der Waals surface area contributed by atoms with Crippen molar-refractivity contribution in [3.8, 4) is 5.75 Å². The second-order valence-electron chi connectivity index (χ2n) is 8.50. The molecule has 3 aromatic rings. The van der Waals surface area contributed by atoms with Gasteiger partial charge in [0.05, 0.1) is 17.8 Å². The first-order valence-corrected chi connectivity index (χ1v) is 11.3. The standard InChI is InChI=1S/C26H30N4O3/c1-18(27)26(19(2)31)22-15-20-8-9-25(32)30(17-21-7-3-4-10-28-21)23(20)16-24(22)33-14-13-29-11-5-6-12-29/h3-4,7-10,15-16H,5-6,11-14,17,27H2,1-2H3. The molecule has 0 bridgehead atoms. The number of aromatic nitrogens is 2. The van der Waals surface area contributed by atoms with Gasteiger partial charge in [0.25, 0.3) is 5.56 Å². The number of allylic oxidation sites excluding steroid dienone is 2. The van der Waals surface area contributed by atoms with E-state index in [2.05, 4.69) is 9.88 Å². The number of nitrogens with zero attached hydrogens (tertiary/aromatic N) is 3. The fourth-order valence-electron chi connectivity index (χ4n) is 4.43. The van der Waals surface area contributed by atoms with Crippen LogP contribution in [-0.2, 0) is 11.3 Å². The molecule has 172 valence electrons. The molecule has 7 nitrogen and oxygen atoms in total. The number of rotatable bonds is 8. The minimum absolute atomic E-state index is 0.124. The number of hydrogen-bond acceptors (Lipinski definition) is 6. The fraction of sp³-hybridized carbons (Fsp3) is 0.346. The van der Waals surface area contributed by atoms with E-state index in [4.69, 9.17) is 10.5 Å². The molecule has 4 rings (SSSR count). The predicted molar refractivity (Wildman–Crippen MR) is 130 cm³/mol. The van der Waals surface area contributed by atoms with Crippen molar-refractivity contribution in [2.24, 2.45) is 5.73 Å². The molecule has 2 N–H and O–H groups in total. The largest absolute Gasteiger partial charge is 0.492 e. The molecule has 7 heteroatoms. The molecule has 0 atom stereocenters. The molecule has 3 heterocycles. The third-order valence-electron chi connectivity index (χ3n) is 6.02. The summed E-state index contributed by atoms with van der Waals surface area (Å²) in [4.78, 5) is 32.0. The van der Waals surface area contributed by atoms with E-state index in [1.165, 1.54) is 25.8 Å². The predicted octanol–water partition coefficient (Wildman–Crippen LogP) is 3.20. The maximum atomic E-state index is 12.8. The average Bonchev–Trinajstić information content (AvgIpc) is 3.30. The molecule has 0 spiro atoms. The highest BCUT2D eigenvalue weighted by atomic mass is 16.5. The number of ketones is 1. The summed E-state index contributed by atoms with van der Waals surface area (Å²) in [6.07, 6.45) is 4.14. The van der Waals surface area contributed by atoms with Crippen molar-refractivity contribution >= 4 is 22.3 Å². The van der Waals surface area contributed by atoms with Crippen molar-refractivity contribution in [2.75, 3.05) is 26.2 Å². The molecule has 1 aliphatic heterocycles. The van der Waals surface area contributed by atoms with Gasteiger partial charge in [-0.25, -0.2) is 0 Å². The van der Waals surface area contributed by atoms with Crippen LogP contribution in [0.4, 0.5) is 0 Å². The Hall–Kier alpha value is -3.45. The Labute approximate surface area is 193 Å². The van der Waals surface area contributed by atoms with Crippen molar-refractivity contribution < 1.29 is 9.53 Å². The number of benzene rings is 1. The summed E-state index contributed by atoms with van der Waals surface area (Å²) >= 11 is 0. The molecule has 1 aliphatic rings. The molecule has 1 aromatic carbocycles. The van der Waals surface area contributed by atoms with E-state index in [0.717, 1.165) is 36.2 Å². The zero-order chi connectivity index (χ0) is 23.4. The van der Waals surface area contributed by atoms with Crippen LogP contribution in [0.1, 0.15) is 37.9 Å². The van der Waals surface area contributed by atoms with Gasteiger partial charge in [0.1, 0.15) is 12.4 Å². The maximum Gasteiger partial charge on any atom is 0.251 e. The Balaban J connectivity index is 1.80. The molecular formula is C26H30N4O3. The van der Waals surface area contributed by atoms with Crippen molar-refractivity contribution in [1.82, 2.24) is 14.5 Å². The zero-order valence-corrected chi connectivity index (χ0v) is 19.2. The minimum Gasteiger partial charge on any atom is -0.492 e. The highest BCUT2D eigenvalue weighted by Crippen LogP contribution is 2.33. The highest BCUT2D eigenvalue weighted by molar-refractivity contribution is 6.21. The van der Waals surface area contributed by atoms with E-state index in [1.54, 1.807) is 23.8 Å². The number of hydrogen-bond donors (Lipinski definition) is 1. The monoisotopic (exact) mass is 446 g/mol. The van der Waals surface area contributed by atoms with Gasteiger partial charge in [0.2, 0.25) is 0 Å². The van der Waals surface area contributed by atoms with Crippen molar-refractivity contribution in [3.05, 3.63) is 76.0 Å². The molecule has 1 fully saturated rings. The molecule has 1 saturated heterocycles. The van der Waals surface area contributed by atoms with Gasteiger partial charge < -0.3 is 15.0 Å². The van der Waals surface area contributed by atoms with Gasteiger partial charge in [-0.3, -0.25) is 19.5 Å². The fourth-order valence-corrected chi connectivity index (χ4v) is 4.43. The summed E-state index contributed by atoms with van der Waals surface area (Å²) in [5.41, 5.74) is 9.02. The Bertz CT molecular complexity index is 1240. The van der Waals surface area contributed by atoms with Gasteiger partial charge >= 0.3 is 0 Å². The first-order chi connectivity index (χ1) is 15.9. The van der Waals surface area contributed by atoms with Crippen LogP contribution < -0.4 is 16.0 Å². The van der Waals surface area contributed by atoms with Gasteiger partial charge in [-0.05, 0) is 69.4 Å².